The highest BCUT2D eigenvalue weighted by atomic mass is 32.2. The Labute approximate surface area is 161 Å². The zero-order valence-electron chi connectivity index (χ0n) is 14.9. The first-order valence-corrected chi connectivity index (χ1v) is 10.4. The lowest BCUT2D eigenvalue weighted by Crippen LogP contribution is -2.26. The van der Waals surface area contributed by atoms with Crippen molar-refractivity contribution in [2.24, 2.45) is 0 Å². The zero-order chi connectivity index (χ0) is 19.4. The summed E-state index contributed by atoms with van der Waals surface area (Å²) in [7, 11) is -0.572. The van der Waals surface area contributed by atoms with Crippen LogP contribution in [0.4, 0.5) is 0 Å². The molecule has 8 nitrogen and oxygen atoms in total. The summed E-state index contributed by atoms with van der Waals surface area (Å²) in [5.74, 6) is -0.258. The molecular weight excluding hydrogens is 386 g/mol. The maximum Gasteiger partial charge on any atom is 0.251 e. The number of hydrogen-bond acceptors (Lipinski definition) is 6. The summed E-state index contributed by atoms with van der Waals surface area (Å²) in [5.41, 5.74) is 1.28. The first kappa shape index (κ1) is 19.2. The number of nitrogens with zero attached hydrogens (tertiary/aromatic N) is 4. The molecule has 0 unspecified atom stereocenters. The SMILES string of the molecule is CN(C)S(=O)(=O)c1ccc(C(=O)NCCc2csc(-n3cccn3)n2)cc1. The second-order valence-corrected chi connectivity index (χ2v) is 8.88. The van der Waals surface area contributed by atoms with E-state index in [-0.39, 0.29) is 10.8 Å². The Morgan fingerprint density at radius 3 is 2.63 bits per heavy atom. The van der Waals surface area contributed by atoms with Crippen molar-refractivity contribution in [3.8, 4) is 5.13 Å². The highest BCUT2D eigenvalue weighted by molar-refractivity contribution is 7.89. The van der Waals surface area contributed by atoms with Gasteiger partial charge < -0.3 is 5.32 Å². The molecule has 0 spiro atoms. The third-order valence-corrected chi connectivity index (χ3v) is 6.51. The minimum absolute atomic E-state index is 0.151. The minimum Gasteiger partial charge on any atom is -0.352 e. The molecule has 0 saturated carbocycles. The van der Waals surface area contributed by atoms with Crippen molar-refractivity contribution < 1.29 is 13.2 Å². The fourth-order valence-electron chi connectivity index (χ4n) is 2.29. The Kier molecular flexibility index (Phi) is 5.68. The Morgan fingerprint density at radius 1 is 1.26 bits per heavy atom. The number of aromatic nitrogens is 3. The average molecular weight is 406 g/mol. The van der Waals surface area contributed by atoms with Crippen LogP contribution in [0.5, 0.6) is 0 Å². The molecule has 1 amide bonds. The number of nitrogens with one attached hydrogen (secondary N) is 1. The molecule has 27 heavy (non-hydrogen) atoms. The van der Waals surface area contributed by atoms with Crippen LogP contribution in [0.1, 0.15) is 16.1 Å². The summed E-state index contributed by atoms with van der Waals surface area (Å²) in [6, 6.07) is 7.70. The number of amides is 1. The second-order valence-electron chi connectivity index (χ2n) is 5.89. The van der Waals surface area contributed by atoms with Crippen molar-refractivity contribution in [3.05, 3.63) is 59.4 Å². The summed E-state index contributed by atoms with van der Waals surface area (Å²) in [5, 5.41) is 9.66. The molecular formula is C17H19N5O3S2. The van der Waals surface area contributed by atoms with E-state index in [0.717, 1.165) is 15.1 Å². The summed E-state index contributed by atoms with van der Waals surface area (Å²) < 4.78 is 26.9. The predicted octanol–water partition coefficient (Wildman–Crippen LogP) is 1.55. The van der Waals surface area contributed by atoms with Crippen LogP contribution >= 0.6 is 11.3 Å². The fraction of sp³-hybridized carbons (Fsp3) is 0.235. The Bertz CT molecular complexity index is 1010. The van der Waals surface area contributed by atoms with E-state index in [4.69, 9.17) is 0 Å². The molecule has 1 aromatic carbocycles. The van der Waals surface area contributed by atoms with Gasteiger partial charge in [-0.05, 0) is 30.3 Å². The van der Waals surface area contributed by atoms with Crippen LogP contribution in [0.15, 0.2) is 53.0 Å². The van der Waals surface area contributed by atoms with Gasteiger partial charge >= 0.3 is 0 Å². The summed E-state index contributed by atoms with van der Waals surface area (Å²) in [4.78, 5) is 16.8. The highest BCUT2D eigenvalue weighted by Crippen LogP contribution is 2.15. The van der Waals surface area contributed by atoms with E-state index in [9.17, 15) is 13.2 Å². The van der Waals surface area contributed by atoms with Gasteiger partial charge in [0.05, 0.1) is 10.6 Å². The lowest BCUT2D eigenvalue weighted by atomic mass is 10.2. The lowest BCUT2D eigenvalue weighted by molar-refractivity contribution is 0.0954. The molecule has 142 valence electrons. The predicted molar refractivity (Wildman–Crippen MR) is 103 cm³/mol. The molecule has 0 bridgehead atoms. The normalized spacial score (nSPS) is 11.7. The van der Waals surface area contributed by atoms with Gasteiger partial charge in [-0.2, -0.15) is 5.10 Å². The molecule has 0 aliphatic carbocycles. The molecule has 3 rings (SSSR count). The number of sulfonamides is 1. The van der Waals surface area contributed by atoms with Gasteiger partial charge in [-0.25, -0.2) is 22.4 Å². The van der Waals surface area contributed by atoms with Crippen LogP contribution < -0.4 is 5.32 Å². The molecule has 0 atom stereocenters. The Hall–Kier alpha value is -2.56. The third-order valence-electron chi connectivity index (χ3n) is 3.80. The van der Waals surface area contributed by atoms with Crippen LogP contribution in [-0.4, -0.2) is 54.0 Å². The molecule has 2 aromatic heterocycles. The largest absolute Gasteiger partial charge is 0.352 e. The molecule has 0 saturated heterocycles. The smallest absolute Gasteiger partial charge is 0.251 e. The molecule has 0 aliphatic heterocycles. The van der Waals surface area contributed by atoms with Gasteiger partial charge in [0.1, 0.15) is 0 Å². The van der Waals surface area contributed by atoms with Gasteiger partial charge in [-0.15, -0.1) is 11.3 Å². The van der Waals surface area contributed by atoms with Crippen LogP contribution in [0, 0.1) is 0 Å². The molecule has 1 N–H and O–H groups in total. The molecule has 0 radical (unpaired) electrons. The molecule has 10 heteroatoms. The van der Waals surface area contributed by atoms with Crippen LogP contribution in [0.3, 0.4) is 0 Å². The molecule has 0 fully saturated rings. The average Bonchev–Trinajstić information content (AvgIpc) is 3.33. The van der Waals surface area contributed by atoms with Crippen molar-refractivity contribution in [1.29, 1.82) is 0 Å². The number of rotatable bonds is 7. The van der Waals surface area contributed by atoms with Crippen molar-refractivity contribution in [2.45, 2.75) is 11.3 Å². The van der Waals surface area contributed by atoms with E-state index < -0.39 is 10.0 Å². The monoisotopic (exact) mass is 405 g/mol. The van der Waals surface area contributed by atoms with E-state index in [1.165, 1.54) is 49.7 Å². The third kappa shape index (κ3) is 4.41. The lowest BCUT2D eigenvalue weighted by Gasteiger charge is -2.11. The summed E-state index contributed by atoms with van der Waals surface area (Å²) >= 11 is 1.48. The van der Waals surface area contributed by atoms with E-state index in [1.807, 2.05) is 17.6 Å². The van der Waals surface area contributed by atoms with E-state index in [1.54, 1.807) is 10.9 Å². The Morgan fingerprint density at radius 2 is 2.00 bits per heavy atom. The van der Waals surface area contributed by atoms with Crippen molar-refractivity contribution in [3.63, 3.8) is 0 Å². The van der Waals surface area contributed by atoms with Gasteiger partial charge in [-0.3, -0.25) is 4.79 Å². The van der Waals surface area contributed by atoms with Crippen LogP contribution in [0.2, 0.25) is 0 Å². The topological polar surface area (TPSA) is 97.2 Å². The minimum atomic E-state index is -3.50. The van der Waals surface area contributed by atoms with Crippen LogP contribution in [-0.2, 0) is 16.4 Å². The number of benzene rings is 1. The maximum atomic E-state index is 12.2. The Balaban J connectivity index is 1.55. The quantitative estimate of drug-likeness (QED) is 0.643. The first-order valence-electron chi connectivity index (χ1n) is 8.13. The number of carbonyl (C=O) groups is 1. The molecule has 0 aliphatic rings. The maximum absolute atomic E-state index is 12.2. The number of carbonyl (C=O) groups excluding carboxylic acids is 1. The van der Waals surface area contributed by atoms with Crippen molar-refractivity contribution in [1.82, 2.24) is 24.4 Å². The van der Waals surface area contributed by atoms with Gasteiger partial charge in [0.25, 0.3) is 5.91 Å². The zero-order valence-corrected chi connectivity index (χ0v) is 16.5. The second kappa shape index (κ2) is 7.99. The molecule has 2 heterocycles. The summed E-state index contributed by atoms with van der Waals surface area (Å²) in [6.07, 6.45) is 4.11. The molecule has 3 aromatic rings. The van der Waals surface area contributed by atoms with Gasteiger partial charge in [0.15, 0.2) is 0 Å². The van der Waals surface area contributed by atoms with E-state index >= 15 is 0 Å². The van der Waals surface area contributed by atoms with E-state index in [2.05, 4.69) is 15.4 Å². The van der Waals surface area contributed by atoms with Gasteiger partial charge in [-0.1, -0.05) is 0 Å². The standard InChI is InChI=1S/C17H19N5O3S2/c1-21(2)27(24,25)15-6-4-13(5-7-15)16(23)18-10-8-14-12-26-17(20-14)22-11-3-9-19-22/h3-7,9,11-12H,8,10H2,1-2H3,(H,18,23). The van der Waals surface area contributed by atoms with Gasteiger partial charge in [0.2, 0.25) is 15.2 Å². The number of thiazole rings is 1. The first-order chi connectivity index (χ1) is 12.9. The summed E-state index contributed by atoms with van der Waals surface area (Å²) in [6.45, 7) is 0.429. The highest BCUT2D eigenvalue weighted by Gasteiger charge is 2.17. The number of hydrogen-bond donors (Lipinski definition) is 1. The fourth-order valence-corrected chi connectivity index (χ4v) is 3.99. The van der Waals surface area contributed by atoms with Crippen molar-refractivity contribution >= 4 is 27.3 Å². The van der Waals surface area contributed by atoms with E-state index in [0.29, 0.717) is 18.5 Å². The van der Waals surface area contributed by atoms with Crippen LogP contribution in [0.25, 0.3) is 5.13 Å². The van der Waals surface area contributed by atoms with Crippen molar-refractivity contribution in [2.75, 3.05) is 20.6 Å². The van der Waals surface area contributed by atoms with Gasteiger partial charge in [0, 0.05) is 50.4 Å².